The smallest absolute Gasteiger partial charge is 0.407 e. The van der Waals surface area contributed by atoms with E-state index in [9.17, 15) is 9.59 Å². The summed E-state index contributed by atoms with van der Waals surface area (Å²) in [5, 5.41) is 9.13. The molecule has 2 fully saturated rings. The molecule has 1 aliphatic heterocycles. The quantitative estimate of drug-likeness (QED) is 0.900. The third-order valence-corrected chi connectivity index (χ3v) is 5.52. The molecule has 2 heterocycles. The van der Waals surface area contributed by atoms with Gasteiger partial charge in [0, 0.05) is 48.8 Å². The highest BCUT2D eigenvalue weighted by molar-refractivity contribution is 5.95. The van der Waals surface area contributed by atoms with Gasteiger partial charge in [-0.3, -0.25) is 4.79 Å². The Morgan fingerprint density at radius 2 is 1.70 bits per heavy atom. The van der Waals surface area contributed by atoms with E-state index >= 15 is 0 Å². The lowest BCUT2D eigenvalue weighted by Crippen LogP contribution is -2.49. The number of rotatable bonds is 4. The van der Waals surface area contributed by atoms with Crippen molar-refractivity contribution in [1.29, 1.82) is 0 Å². The van der Waals surface area contributed by atoms with Crippen LogP contribution in [0.1, 0.15) is 41.9 Å². The first-order valence-electron chi connectivity index (χ1n) is 9.45. The van der Waals surface area contributed by atoms with Gasteiger partial charge in [0.15, 0.2) is 0 Å². The van der Waals surface area contributed by atoms with Gasteiger partial charge in [0.05, 0.1) is 0 Å². The van der Waals surface area contributed by atoms with Gasteiger partial charge in [0.2, 0.25) is 0 Å². The van der Waals surface area contributed by atoms with Crippen molar-refractivity contribution in [3.05, 3.63) is 48.0 Å². The molecule has 0 spiro atoms. The van der Waals surface area contributed by atoms with Gasteiger partial charge in [-0.05, 0) is 56.9 Å². The van der Waals surface area contributed by atoms with Crippen molar-refractivity contribution in [2.45, 2.75) is 44.7 Å². The lowest BCUT2D eigenvalue weighted by molar-refractivity contribution is 0.0551. The fourth-order valence-electron chi connectivity index (χ4n) is 3.88. The highest BCUT2D eigenvalue weighted by Crippen LogP contribution is 2.33. The Hall–Kier alpha value is -2.83. The van der Waals surface area contributed by atoms with Crippen molar-refractivity contribution in [3.8, 4) is 5.69 Å². The molecule has 2 aliphatic rings. The molecule has 7 heteroatoms. The first-order valence-corrected chi connectivity index (χ1v) is 9.45. The molecular formula is C20H24N4O3. The lowest BCUT2D eigenvalue weighted by Gasteiger charge is -2.38. The molecule has 142 valence electrons. The Kier molecular flexibility index (Phi) is 4.59. The van der Waals surface area contributed by atoms with Gasteiger partial charge in [-0.2, -0.15) is 0 Å². The predicted octanol–water partition coefficient (Wildman–Crippen LogP) is 2.93. The molecule has 7 nitrogen and oxygen atoms in total. The zero-order valence-corrected chi connectivity index (χ0v) is 15.4. The van der Waals surface area contributed by atoms with Gasteiger partial charge in [-0.25, -0.2) is 9.78 Å². The summed E-state index contributed by atoms with van der Waals surface area (Å²) < 4.78 is 1.98. The van der Waals surface area contributed by atoms with Crippen LogP contribution in [0.15, 0.2) is 36.7 Å². The number of amides is 2. The summed E-state index contributed by atoms with van der Waals surface area (Å²) in [6.07, 6.45) is 6.28. The van der Waals surface area contributed by atoms with E-state index in [0.29, 0.717) is 37.5 Å². The average Bonchev–Trinajstić information content (AvgIpc) is 3.42. The molecule has 1 saturated carbocycles. The Morgan fingerprint density at radius 3 is 2.22 bits per heavy atom. The summed E-state index contributed by atoms with van der Waals surface area (Å²) in [6.45, 7) is 2.93. The monoisotopic (exact) mass is 368 g/mol. The third kappa shape index (κ3) is 3.54. The van der Waals surface area contributed by atoms with Crippen LogP contribution in [0.3, 0.4) is 0 Å². The van der Waals surface area contributed by atoms with Crippen LogP contribution in [-0.2, 0) is 0 Å². The summed E-state index contributed by atoms with van der Waals surface area (Å²) in [7, 11) is 0. The number of nitrogens with zero attached hydrogens (tertiary/aromatic N) is 4. The fourth-order valence-corrected chi connectivity index (χ4v) is 3.88. The van der Waals surface area contributed by atoms with Crippen LogP contribution in [0.5, 0.6) is 0 Å². The van der Waals surface area contributed by atoms with Crippen LogP contribution in [0, 0.1) is 6.92 Å². The highest BCUT2D eigenvalue weighted by Gasteiger charge is 2.39. The van der Waals surface area contributed by atoms with Crippen LogP contribution < -0.4 is 0 Å². The number of aromatic nitrogens is 2. The number of aryl methyl sites for hydroxylation is 1. The van der Waals surface area contributed by atoms with Crippen molar-refractivity contribution >= 4 is 12.0 Å². The number of carboxylic acid groups (broad SMARTS) is 1. The Bertz CT molecular complexity index is 833. The Morgan fingerprint density at radius 1 is 1.07 bits per heavy atom. The number of imidazole rings is 1. The molecule has 0 radical (unpaired) electrons. The zero-order chi connectivity index (χ0) is 19.0. The topological polar surface area (TPSA) is 78.7 Å². The van der Waals surface area contributed by atoms with Crippen molar-refractivity contribution in [3.63, 3.8) is 0 Å². The van der Waals surface area contributed by atoms with E-state index in [1.54, 1.807) is 6.20 Å². The van der Waals surface area contributed by atoms with Gasteiger partial charge in [-0.15, -0.1) is 0 Å². The maximum absolute atomic E-state index is 13.2. The predicted molar refractivity (Wildman–Crippen MR) is 100 cm³/mol. The second-order valence-electron chi connectivity index (χ2n) is 7.34. The molecule has 2 aromatic rings. The molecular weight excluding hydrogens is 344 g/mol. The van der Waals surface area contributed by atoms with Crippen molar-refractivity contribution in [2.24, 2.45) is 0 Å². The molecule has 0 atom stereocenters. The number of hydrogen-bond donors (Lipinski definition) is 1. The SMILES string of the molecule is Cc1nccn1-c1ccc(C(=O)N(C2CC2)C2CCN(C(=O)O)CC2)cc1. The minimum Gasteiger partial charge on any atom is -0.465 e. The van der Waals surface area contributed by atoms with E-state index in [4.69, 9.17) is 5.11 Å². The molecule has 1 aromatic carbocycles. The van der Waals surface area contributed by atoms with E-state index in [0.717, 1.165) is 24.4 Å². The maximum Gasteiger partial charge on any atom is 0.407 e. The number of likely N-dealkylation sites (tertiary alicyclic amines) is 1. The minimum atomic E-state index is -0.872. The summed E-state index contributed by atoms with van der Waals surface area (Å²) in [4.78, 5) is 32.0. The molecule has 27 heavy (non-hydrogen) atoms. The number of hydrogen-bond acceptors (Lipinski definition) is 3. The fraction of sp³-hybridized carbons (Fsp3) is 0.450. The van der Waals surface area contributed by atoms with Gasteiger partial charge in [0.25, 0.3) is 5.91 Å². The number of benzene rings is 1. The van der Waals surface area contributed by atoms with Crippen LogP contribution in [0.2, 0.25) is 0 Å². The van der Waals surface area contributed by atoms with E-state index in [1.165, 1.54) is 4.90 Å². The zero-order valence-electron chi connectivity index (χ0n) is 15.4. The van der Waals surface area contributed by atoms with E-state index in [1.807, 2.05) is 46.9 Å². The number of piperidine rings is 1. The molecule has 0 bridgehead atoms. The van der Waals surface area contributed by atoms with Crippen molar-refractivity contribution in [1.82, 2.24) is 19.4 Å². The third-order valence-electron chi connectivity index (χ3n) is 5.52. The van der Waals surface area contributed by atoms with E-state index in [-0.39, 0.29) is 11.9 Å². The van der Waals surface area contributed by atoms with Gasteiger partial charge < -0.3 is 19.5 Å². The summed E-state index contributed by atoms with van der Waals surface area (Å²) in [6, 6.07) is 8.06. The first-order chi connectivity index (χ1) is 13.0. The average molecular weight is 368 g/mol. The van der Waals surface area contributed by atoms with Crippen LogP contribution in [0.25, 0.3) is 5.69 Å². The molecule has 0 unspecified atom stereocenters. The van der Waals surface area contributed by atoms with E-state index < -0.39 is 6.09 Å². The largest absolute Gasteiger partial charge is 0.465 e. The maximum atomic E-state index is 13.2. The highest BCUT2D eigenvalue weighted by atomic mass is 16.4. The Labute approximate surface area is 158 Å². The van der Waals surface area contributed by atoms with Crippen molar-refractivity contribution < 1.29 is 14.7 Å². The number of carbonyl (C=O) groups is 2. The van der Waals surface area contributed by atoms with Gasteiger partial charge >= 0.3 is 6.09 Å². The second kappa shape index (κ2) is 7.06. The van der Waals surface area contributed by atoms with Gasteiger partial charge in [0.1, 0.15) is 5.82 Å². The Balaban J connectivity index is 1.50. The summed E-state index contributed by atoms with van der Waals surface area (Å²) in [5.74, 6) is 0.957. The molecule has 2 amide bonds. The molecule has 1 N–H and O–H groups in total. The first kappa shape index (κ1) is 17.6. The van der Waals surface area contributed by atoms with Crippen LogP contribution in [0.4, 0.5) is 4.79 Å². The minimum absolute atomic E-state index is 0.0557. The molecule has 4 rings (SSSR count). The summed E-state index contributed by atoms with van der Waals surface area (Å²) in [5.41, 5.74) is 1.67. The molecule has 1 saturated heterocycles. The molecule has 1 aromatic heterocycles. The standard InChI is InChI=1S/C20H24N4O3/c1-14-21-10-13-23(14)16-4-2-15(3-5-16)19(25)24(17-6-7-17)18-8-11-22(12-9-18)20(26)27/h2-5,10,13,17-18H,6-9,11-12H2,1H3,(H,26,27). The van der Waals surface area contributed by atoms with Gasteiger partial charge in [-0.1, -0.05) is 0 Å². The normalized spacial score (nSPS) is 17.7. The van der Waals surface area contributed by atoms with Crippen molar-refractivity contribution in [2.75, 3.05) is 13.1 Å². The second-order valence-corrected chi connectivity index (χ2v) is 7.34. The van der Waals surface area contributed by atoms with Crippen LogP contribution >= 0.6 is 0 Å². The number of carbonyl (C=O) groups excluding carboxylic acids is 1. The molecule has 1 aliphatic carbocycles. The van der Waals surface area contributed by atoms with Crippen LogP contribution in [-0.4, -0.2) is 61.6 Å². The summed E-state index contributed by atoms with van der Waals surface area (Å²) >= 11 is 0. The lowest BCUT2D eigenvalue weighted by atomic mass is 10.0. The van der Waals surface area contributed by atoms with E-state index in [2.05, 4.69) is 4.98 Å².